The van der Waals surface area contributed by atoms with E-state index >= 15 is 0 Å². The van der Waals surface area contributed by atoms with Gasteiger partial charge >= 0.3 is 5.63 Å². The number of benzene rings is 1. The molecule has 0 aliphatic carbocycles. The molecule has 1 aromatic carbocycles. The van der Waals surface area contributed by atoms with E-state index < -0.39 is 5.63 Å². The first-order valence-corrected chi connectivity index (χ1v) is 5.27. The molecule has 0 unspecified atom stereocenters. The van der Waals surface area contributed by atoms with Gasteiger partial charge in [0.2, 0.25) is 0 Å². The van der Waals surface area contributed by atoms with E-state index in [1.54, 1.807) is 6.07 Å². The van der Waals surface area contributed by atoms with Crippen LogP contribution in [0.3, 0.4) is 0 Å². The number of ether oxygens (including phenoxy) is 1. The van der Waals surface area contributed by atoms with E-state index in [0.29, 0.717) is 23.3 Å². The van der Waals surface area contributed by atoms with Crippen LogP contribution >= 0.6 is 0 Å². The fourth-order valence-electron chi connectivity index (χ4n) is 1.69. The summed E-state index contributed by atoms with van der Waals surface area (Å²) in [6, 6.07) is 6.99. The van der Waals surface area contributed by atoms with E-state index in [2.05, 4.69) is 0 Å². The summed E-state index contributed by atoms with van der Waals surface area (Å²) in [5.41, 5.74) is 0.746. The van der Waals surface area contributed by atoms with Crippen molar-refractivity contribution in [3.63, 3.8) is 0 Å². The molecule has 4 nitrogen and oxygen atoms in total. The zero-order chi connectivity index (χ0) is 12.4. The molecule has 0 radical (unpaired) electrons. The SMILES string of the molecule is CCOc1cc(C)cc2cc(C#N)c(=O)oc12. The molecule has 1 aromatic heterocycles. The summed E-state index contributed by atoms with van der Waals surface area (Å²) in [4.78, 5) is 11.5. The van der Waals surface area contributed by atoms with Crippen molar-refractivity contribution in [1.82, 2.24) is 0 Å². The first kappa shape index (κ1) is 11.2. The maximum absolute atomic E-state index is 11.5. The fraction of sp³-hybridized carbons (Fsp3) is 0.231. The second-order valence-corrected chi connectivity index (χ2v) is 3.67. The molecule has 0 atom stereocenters. The predicted molar refractivity (Wildman–Crippen MR) is 63.1 cm³/mol. The Bertz CT molecular complexity index is 665. The average Bonchev–Trinajstić information content (AvgIpc) is 2.29. The van der Waals surface area contributed by atoms with Crippen molar-refractivity contribution < 1.29 is 9.15 Å². The standard InChI is InChI=1S/C13H11NO3/c1-3-16-11-5-8(2)4-9-6-10(7-14)13(15)17-12(9)11/h4-6H,3H2,1-2H3. The molecule has 2 rings (SSSR count). The van der Waals surface area contributed by atoms with Crippen LogP contribution in [0.25, 0.3) is 11.0 Å². The molecule has 0 aliphatic rings. The minimum atomic E-state index is -0.634. The van der Waals surface area contributed by atoms with Crippen molar-refractivity contribution in [2.24, 2.45) is 0 Å². The summed E-state index contributed by atoms with van der Waals surface area (Å²) in [5.74, 6) is 0.532. The minimum Gasteiger partial charge on any atom is -0.490 e. The summed E-state index contributed by atoms with van der Waals surface area (Å²) < 4.78 is 10.5. The number of nitriles is 1. The van der Waals surface area contributed by atoms with Crippen LogP contribution in [0.4, 0.5) is 0 Å². The number of fused-ring (bicyclic) bond motifs is 1. The van der Waals surface area contributed by atoms with Crippen LogP contribution in [0.1, 0.15) is 18.1 Å². The lowest BCUT2D eigenvalue weighted by Crippen LogP contribution is -2.04. The molecular formula is C13H11NO3. The van der Waals surface area contributed by atoms with E-state index in [-0.39, 0.29) is 5.56 Å². The van der Waals surface area contributed by atoms with Crippen LogP contribution in [-0.4, -0.2) is 6.61 Å². The van der Waals surface area contributed by atoms with Gasteiger partial charge in [-0.05, 0) is 37.6 Å². The van der Waals surface area contributed by atoms with Crippen molar-refractivity contribution in [2.45, 2.75) is 13.8 Å². The molecule has 0 aliphatic heterocycles. The molecule has 17 heavy (non-hydrogen) atoms. The molecule has 0 N–H and O–H groups in total. The molecule has 4 heteroatoms. The summed E-state index contributed by atoms with van der Waals surface area (Å²) in [6.07, 6.45) is 0. The smallest absolute Gasteiger partial charge is 0.354 e. The Hall–Kier alpha value is -2.28. The molecular weight excluding hydrogens is 218 g/mol. The van der Waals surface area contributed by atoms with E-state index in [1.807, 2.05) is 26.0 Å². The summed E-state index contributed by atoms with van der Waals surface area (Å²) >= 11 is 0. The maximum Gasteiger partial charge on any atom is 0.354 e. The van der Waals surface area contributed by atoms with Gasteiger partial charge in [-0.2, -0.15) is 5.26 Å². The lowest BCUT2D eigenvalue weighted by atomic mass is 10.1. The zero-order valence-electron chi connectivity index (χ0n) is 9.61. The highest BCUT2D eigenvalue weighted by atomic mass is 16.5. The van der Waals surface area contributed by atoms with Crippen molar-refractivity contribution in [3.8, 4) is 11.8 Å². The van der Waals surface area contributed by atoms with Gasteiger partial charge in [0.05, 0.1) is 6.61 Å². The quantitative estimate of drug-likeness (QED) is 0.741. The highest BCUT2D eigenvalue weighted by Crippen LogP contribution is 2.26. The third-order valence-corrected chi connectivity index (χ3v) is 2.36. The van der Waals surface area contributed by atoms with Gasteiger partial charge < -0.3 is 9.15 Å². The van der Waals surface area contributed by atoms with Crippen LogP contribution < -0.4 is 10.4 Å². The molecule has 0 spiro atoms. The summed E-state index contributed by atoms with van der Waals surface area (Å²) in [7, 11) is 0. The molecule has 0 saturated heterocycles. The largest absolute Gasteiger partial charge is 0.490 e. The number of aryl methyl sites for hydroxylation is 1. The molecule has 86 valence electrons. The molecule has 0 bridgehead atoms. The Morgan fingerprint density at radius 2 is 2.18 bits per heavy atom. The van der Waals surface area contributed by atoms with Gasteiger partial charge in [0.15, 0.2) is 11.3 Å². The van der Waals surface area contributed by atoms with Crippen LogP contribution in [0.5, 0.6) is 5.75 Å². The second kappa shape index (κ2) is 4.30. The van der Waals surface area contributed by atoms with Crippen LogP contribution in [0.2, 0.25) is 0 Å². The summed E-state index contributed by atoms with van der Waals surface area (Å²) in [6.45, 7) is 4.26. The number of nitrogens with zero attached hydrogens (tertiary/aromatic N) is 1. The average molecular weight is 229 g/mol. The predicted octanol–water partition coefficient (Wildman–Crippen LogP) is 2.37. The van der Waals surface area contributed by atoms with E-state index in [1.165, 1.54) is 6.07 Å². The van der Waals surface area contributed by atoms with E-state index in [9.17, 15) is 4.79 Å². The topological polar surface area (TPSA) is 63.2 Å². The van der Waals surface area contributed by atoms with Crippen molar-refractivity contribution >= 4 is 11.0 Å². The Morgan fingerprint density at radius 3 is 2.82 bits per heavy atom. The normalized spacial score (nSPS) is 10.2. The molecule has 0 amide bonds. The lowest BCUT2D eigenvalue weighted by molar-refractivity contribution is 0.337. The van der Waals surface area contributed by atoms with Gasteiger partial charge in [-0.15, -0.1) is 0 Å². The number of rotatable bonds is 2. The Balaban J connectivity index is 2.81. The Labute approximate surface area is 98.0 Å². The van der Waals surface area contributed by atoms with E-state index in [4.69, 9.17) is 14.4 Å². The van der Waals surface area contributed by atoms with Crippen molar-refractivity contribution in [2.75, 3.05) is 6.61 Å². The van der Waals surface area contributed by atoms with Crippen LogP contribution in [-0.2, 0) is 0 Å². The molecule has 2 aromatic rings. The van der Waals surface area contributed by atoms with Crippen LogP contribution in [0.15, 0.2) is 27.4 Å². The fourth-order valence-corrected chi connectivity index (χ4v) is 1.69. The highest BCUT2D eigenvalue weighted by molar-refractivity contribution is 5.84. The van der Waals surface area contributed by atoms with Crippen LogP contribution in [0, 0.1) is 18.3 Å². The lowest BCUT2D eigenvalue weighted by Gasteiger charge is -2.07. The third kappa shape index (κ3) is 2.00. The van der Waals surface area contributed by atoms with Gasteiger partial charge in [0.25, 0.3) is 0 Å². The Morgan fingerprint density at radius 1 is 1.41 bits per heavy atom. The molecule has 1 heterocycles. The highest BCUT2D eigenvalue weighted by Gasteiger charge is 2.10. The first-order chi connectivity index (χ1) is 8.15. The van der Waals surface area contributed by atoms with Crippen molar-refractivity contribution in [3.05, 3.63) is 39.7 Å². The molecule has 0 fully saturated rings. The van der Waals surface area contributed by atoms with Gasteiger partial charge in [0, 0.05) is 5.39 Å². The molecule has 0 saturated carbocycles. The maximum atomic E-state index is 11.5. The van der Waals surface area contributed by atoms with Gasteiger partial charge in [-0.25, -0.2) is 4.79 Å². The third-order valence-electron chi connectivity index (χ3n) is 2.36. The minimum absolute atomic E-state index is 0.00514. The monoisotopic (exact) mass is 229 g/mol. The van der Waals surface area contributed by atoms with Gasteiger partial charge in [-0.3, -0.25) is 0 Å². The van der Waals surface area contributed by atoms with Crippen molar-refractivity contribution in [1.29, 1.82) is 5.26 Å². The summed E-state index contributed by atoms with van der Waals surface area (Å²) in [5, 5.41) is 9.48. The van der Waals surface area contributed by atoms with Gasteiger partial charge in [0.1, 0.15) is 11.6 Å². The number of hydrogen-bond acceptors (Lipinski definition) is 4. The first-order valence-electron chi connectivity index (χ1n) is 5.27. The zero-order valence-corrected chi connectivity index (χ0v) is 9.61. The number of hydrogen-bond donors (Lipinski definition) is 0. The Kier molecular flexibility index (Phi) is 2.84. The van der Waals surface area contributed by atoms with Gasteiger partial charge in [-0.1, -0.05) is 0 Å². The second-order valence-electron chi connectivity index (χ2n) is 3.67. The van der Waals surface area contributed by atoms with E-state index in [0.717, 1.165) is 5.56 Å².